The van der Waals surface area contributed by atoms with E-state index >= 15 is 0 Å². The van der Waals surface area contributed by atoms with Gasteiger partial charge in [0.2, 0.25) is 5.91 Å². The van der Waals surface area contributed by atoms with E-state index in [4.69, 9.17) is 16.3 Å². The van der Waals surface area contributed by atoms with Crippen LogP contribution in [0.4, 0.5) is 0 Å². The van der Waals surface area contributed by atoms with E-state index in [2.05, 4.69) is 5.32 Å². The number of amides is 1. The summed E-state index contributed by atoms with van der Waals surface area (Å²) < 4.78 is 5.18. The van der Waals surface area contributed by atoms with Gasteiger partial charge in [0.05, 0.1) is 6.07 Å². The molecule has 0 spiro atoms. The first-order valence-electron chi connectivity index (χ1n) is 8.12. The van der Waals surface area contributed by atoms with Gasteiger partial charge in [-0.05, 0) is 43.4 Å². The maximum atomic E-state index is 12.4. The van der Waals surface area contributed by atoms with Crippen LogP contribution in [0.15, 0.2) is 24.3 Å². The zero-order chi connectivity index (χ0) is 17.5. The van der Waals surface area contributed by atoms with Crippen molar-refractivity contribution in [3.05, 3.63) is 34.9 Å². The van der Waals surface area contributed by atoms with Crippen molar-refractivity contribution in [1.82, 2.24) is 5.32 Å². The fourth-order valence-electron chi connectivity index (χ4n) is 2.71. The summed E-state index contributed by atoms with van der Waals surface area (Å²) in [4.78, 5) is 24.5. The fourth-order valence-corrected chi connectivity index (χ4v) is 2.91. The molecule has 0 radical (unpaired) electrons. The van der Waals surface area contributed by atoms with Crippen molar-refractivity contribution < 1.29 is 14.3 Å². The van der Waals surface area contributed by atoms with Crippen LogP contribution in [0.2, 0.25) is 5.02 Å². The quantitative estimate of drug-likeness (QED) is 0.549. The van der Waals surface area contributed by atoms with Crippen LogP contribution in [0.5, 0.6) is 0 Å². The molecule has 1 saturated carbocycles. The lowest BCUT2D eigenvalue weighted by Gasteiger charge is -2.09. The largest absolute Gasteiger partial charge is 0.382 e. The first-order chi connectivity index (χ1) is 11.6. The van der Waals surface area contributed by atoms with Gasteiger partial charge in [0, 0.05) is 30.7 Å². The molecule has 1 aromatic rings. The summed E-state index contributed by atoms with van der Waals surface area (Å²) in [5, 5.41) is 12.5. The lowest BCUT2D eigenvalue weighted by molar-refractivity contribution is -0.132. The summed E-state index contributed by atoms with van der Waals surface area (Å²) in [7, 11) is 0. The molecule has 1 aliphatic rings. The second-order valence-electron chi connectivity index (χ2n) is 5.81. The zero-order valence-electron chi connectivity index (χ0n) is 13.6. The fraction of sp³-hybridized carbons (Fsp3) is 0.500. The van der Waals surface area contributed by atoms with Crippen molar-refractivity contribution in [3.63, 3.8) is 0 Å². The van der Waals surface area contributed by atoms with Gasteiger partial charge in [0.25, 0.3) is 0 Å². The molecule has 0 heterocycles. The Morgan fingerprint density at radius 3 is 2.96 bits per heavy atom. The number of halogens is 1. The maximum absolute atomic E-state index is 12.4. The molecule has 5 nitrogen and oxygen atoms in total. The average Bonchev–Trinajstić information content (AvgIpc) is 3.36. The standard InChI is InChI=1S/C18H21ClN2O3/c1-2-24-8-4-7-21-18(23)16(11-20)17(22)15-10-14(15)12-5-3-6-13(19)9-12/h3,5-6,9,14-16H,2,4,7-8,10H2,1H3,(H,21,23). The van der Waals surface area contributed by atoms with Gasteiger partial charge in [-0.25, -0.2) is 0 Å². The number of nitriles is 1. The number of carbonyl (C=O) groups excluding carboxylic acids is 2. The number of hydrogen-bond acceptors (Lipinski definition) is 4. The summed E-state index contributed by atoms with van der Waals surface area (Å²) in [5.41, 5.74) is 0.981. The minimum Gasteiger partial charge on any atom is -0.382 e. The molecule has 0 bridgehead atoms. The van der Waals surface area contributed by atoms with Crippen molar-refractivity contribution in [2.45, 2.75) is 25.7 Å². The third-order valence-electron chi connectivity index (χ3n) is 4.08. The molecule has 1 aliphatic carbocycles. The molecule has 128 valence electrons. The normalized spacial score (nSPS) is 20.0. The second kappa shape index (κ2) is 8.81. The molecule has 1 N–H and O–H groups in total. The number of nitrogens with zero attached hydrogens (tertiary/aromatic N) is 1. The number of rotatable bonds is 9. The van der Waals surface area contributed by atoms with Crippen LogP contribution in [-0.2, 0) is 14.3 Å². The first kappa shape index (κ1) is 18.4. The summed E-state index contributed by atoms with van der Waals surface area (Å²) in [6.45, 7) is 3.46. The summed E-state index contributed by atoms with van der Waals surface area (Å²) in [6, 6.07) is 9.20. The predicted molar refractivity (Wildman–Crippen MR) is 90.5 cm³/mol. The minimum atomic E-state index is -1.24. The maximum Gasteiger partial charge on any atom is 0.245 e. The highest BCUT2D eigenvalue weighted by atomic mass is 35.5. The van der Waals surface area contributed by atoms with E-state index in [1.807, 2.05) is 31.2 Å². The van der Waals surface area contributed by atoms with E-state index in [-0.39, 0.29) is 17.6 Å². The number of ketones is 1. The van der Waals surface area contributed by atoms with E-state index in [9.17, 15) is 14.9 Å². The molecule has 24 heavy (non-hydrogen) atoms. The van der Waals surface area contributed by atoms with E-state index in [1.165, 1.54) is 0 Å². The molecule has 6 heteroatoms. The van der Waals surface area contributed by atoms with Gasteiger partial charge in [0.15, 0.2) is 11.7 Å². The van der Waals surface area contributed by atoms with Crippen LogP contribution in [0, 0.1) is 23.2 Å². The molecular weight excluding hydrogens is 328 g/mol. The topological polar surface area (TPSA) is 79.2 Å². The number of benzene rings is 1. The van der Waals surface area contributed by atoms with Gasteiger partial charge in [-0.2, -0.15) is 5.26 Å². The number of ether oxygens (including phenoxy) is 1. The molecular formula is C18H21ClN2O3. The van der Waals surface area contributed by atoms with Crippen molar-refractivity contribution >= 4 is 23.3 Å². The Morgan fingerprint density at radius 2 is 2.29 bits per heavy atom. The molecule has 1 aromatic carbocycles. The summed E-state index contributed by atoms with van der Waals surface area (Å²) in [5.74, 6) is -2.29. The smallest absolute Gasteiger partial charge is 0.245 e. The average molecular weight is 349 g/mol. The van der Waals surface area contributed by atoms with Crippen molar-refractivity contribution in [2.75, 3.05) is 19.8 Å². The lowest BCUT2D eigenvalue weighted by atomic mass is 9.98. The Balaban J connectivity index is 1.86. The van der Waals surface area contributed by atoms with Gasteiger partial charge in [-0.15, -0.1) is 0 Å². The van der Waals surface area contributed by atoms with E-state index in [0.29, 0.717) is 37.6 Å². The third-order valence-corrected chi connectivity index (χ3v) is 4.31. The number of carbonyl (C=O) groups is 2. The first-order valence-corrected chi connectivity index (χ1v) is 8.50. The highest BCUT2D eigenvalue weighted by Crippen LogP contribution is 2.49. The Labute approximate surface area is 146 Å². The van der Waals surface area contributed by atoms with Crippen LogP contribution in [0.25, 0.3) is 0 Å². The zero-order valence-corrected chi connectivity index (χ0v) is 14.4. The van der Waals surface area contributed by atoms with Gasteiger partial charge in [-0.3, -0.25) is 9.59 Å². The number of hydrogen-bond donors (Lipinski definition) is 1. The van der Waals surface area contributed by atoms with Crippen molar-refractivity contribution in [3.8, 4) is 6.07 Å². The Hall–Kier alpha value is -1.90. The monoisotopic (exact) mass is 348 g/mol. The van der Waals surface area contributed by atoms with Gasteiger partial charge in [0.1, 0.15) is 0 Å². The molecule has 3 unspecified atom stereocenters. The number of Topliss-reactive ketones (excluding diaryl/α,β-unsaturated/α-hetero) is 1. The van der Waals surface area contributed by atoms with Crippen LogP contribution in [0.3, 0.4) is 0 Å². The Morgan fingerprint density at radius 1 is 1.50 bits per heavy atom. The second-order valence-corrected chi connectivity index (χ2v) is 6.25. The van der Waals surface area contributed by atoms with Crippen molar-refractivity contribution in [2.24, 2.45) is 11.8 Å². The molecule has 0 saturated heterocycles. The van der Waals surface area contributed by atoms with E-state index < -0.39 is 11.8 Å². The minimum absolute atomic E-state index is 0.0535. The third kappa shape index (κ3) is 4.80. The Kier molecular flexibility index (Phi) is 6.77. The van der Waals surface area contributed by atoms with Gasteiger partial charge >= 0.3 is 0 Å². The molecule has 0 aliphatic heterocycles. The number of nitrogens with one attached hydrogen (secondary N) is 1. The van der Waals surface area contributed by atoms with Crippen LogP contribution < -0.4 is 5.32 Å². The highest BCUT2D eigenvalue weighted by Gasteiger charge is 2.47. The lowest BCUT2D eigenvalue weighted by Crippen LogP contribution is -2.36. The van der Waals surface area contributed by atoms with Crippen molar-refractivity contribution in [1.29, 1.82) is 5.26 Å². The summed E-state index contributed by atoms with van der Waals surface area (Å²) in [6.07, 6.45) is 1.31. The molecule has 1 amide bonds. The molecule has 3 atom stereocenters. The summed E-state index contributed by atoms with van der Waals surface area (Å²) >= 11 is 5.97. The molecule has 0 aromatic heterocycles. The van der Waals surface area contributed by atoms with Gasteiger partial charge in [-0.1, -0.05) is 23.7 Å². The van der Waals surface area contributed by atoms with Gasteiger partial charge < -0.3 is 10.1 Å². The Bertz CT molecular complexity index is 641. The molecule has 2 rings (SSSR count). The van der Waals surface area contributed by atoms with Crippen LogP contribution >= 0.6 is 11.6 Å². The predicted octanol–water partition coefficient (Wildman–Crippen LogP) is 2.70. The highest BCUT2D eigenvalue weighted by molar-refractivity contribution is 6.30. The SMILES string of the molecule is CCOCCCNC(=O)C(C#N)C(=O)C1CC1c1cccc(Cl)c1. The van der Waals surface area contributed by atoms with E-state index in [1.54, 1.807) is 6.07 Å². The molecule has 1 fully saturated rings. The van der Waals surface area contributed by atoms with Crippen LogP contribution in [0.1, 0.15) is 31.2 Å². The van der Waals surface area contributed by atoms with Crippen LogP contribution in [-0.4, -0.2) is 31.4 Å². The van der Waals surface area contributed by atoms with E-state index in [0.717, 1.165) is 5.56 Å².